The number of amides is 2. The van der Waals surface area contributed by atoms with Crippen LogP contribution in [0, 0.1) is 32.6 Å². The molecule has 2 saturated heterocycles. The Morgan fingerprint density at radius 2 is 1.70 bits per heavy atom. The third kappa shape index (κ3) is 3.44. The summed E-state index contributed by atoms with van der Waals surface area (Å²) in [6, 6.07) is 13.0. The van der Waals surface area contributed by atoms with Gasteiger partial charge in [0.1, 0.15) is 5.60 Å². The fourth-order valence-corrected chi connectivity index (χ4v) is 7.08. The summed E-state index contributed by atoms with van der Waals surface area (Å²) in [5.74, 6) is -1.95. The maximum Gasteiger partial charge on any atom is 0.241 e. The van der Waals surface area contributed by atoms with Gasteiger partial charge in [0.2, 0.25) is 21.8 Å². The molecular weight excluding hydrogens is 440 g/mol. The summed E-state index contributed by atoms with van der Waals surface area (Å²) < 4.78 is 35.1. The maximum absolute atomic E-state index is 13.4. The molecule has 2 aromatic carbocycles. The van der Waals surface area contributed by atoms with Crippen LogP contribution in [-0.2, 0) is 30.9 Å². The molecule has 3 aliphatic rings. The first-order chi connectivity index (χ1) is 15.6. The van der Waals surface area contributed by atoms with Gasteiger partial charge in [-0.2, -0.15) is 0 Å². The van der Waals surface area contributed by atoms with Crippen molar-refractivity contribution in [2.45, 2.75) is 43.9 Å². The minimum absolute atomic E-state index is 0.117. The zero-order valence-corrected chi connectivity index (χ0v) is 19.6. The molecule has 3 aliphatic heterocycles. The summed E-state index contributed by atoms with van der Waals surface area (Å²) in [6.45, 7) is 5.53. The average molecular weight is 467 g/mol. The monoisotopic (exact) mass is 466 g/mol. The number of likely N-dealkylation sites (tertiary alicyclic amines) is 1. The summed E-state index contributed by atoms with van der Waals surface area (Å²) in [6.07, 6.45) is 2.99. The number of fused-ring (bicyclic) bond motifs is 5. The van der Waals surface area contributed by atoms with Crippen molar-refractivity contribution in [1.82, 2.24) is 9.62 Å². The number of nitrogens with one attached hydrogen (secondary N) is 1. The van der Waals surface area contributed by atoms with Crippen LogP contribution in [-0.4, -0.2) is 43.4 Å². The Hall–Kier alpha value is -2.81. The molecule has 2 bridgehead atoms. The molecular formula is C25H26N2O5S. The smallest absolute Gasteiger partial charge is 0.241 e. The first-order valence-corrected chi connectivity index (χ1v) is 12.5. The molecule has 4 atom stereocenters. The minimum atomic E-state index is -3.85. The molecule has 5 rings (SSSR count). The summed E-state index contributed by atoms with van der Waals surface area (Å²) >= 11 is 0. The molecule has 0 unspecified atom stereocenters. The van der Waals surface area contributed by atoms with Gasteiger partial charge in [-0.15, -0.1) is 0 Å². The number of carbonyl (C=O) groups is 2. The molecule has 2 aromatic rings. The van der Waals surface area contributed by atoms with Crippen LogP contribution in [0.15, 0.2) is 59.5 Å². The molecule has 172 valence electrons. The number of imide groups is 1. The van der Waals surface area contributed by atoms with Crippen molar-refractivity contribution in [2.75, 3.05) is 6.54 Å². The van der Waals surface area contributed by atoms with Crippen LogP contribution in [0.25, 0.3) is 0 Å². The zero-order chi connectivity index (χ0) is 23.5. The fraction of sp³-hybridized carbons (Fsp3) is 0.360. The van der Waals surface area contributed by atoms with E-state index in [1.807, 2.05) is 49.4 Å². The highest BCUT2D eigenvalue weighted by Gasteiger charge is 2.67. The van der Waals surface area contributed by atoms with Crippen LogP contribution < -0.4 is 4.72 Å². The van der Waals surface area contributed by atoms with Gasteiger partial charge in [0, 0.05) is 6.54 Å². The number of hydrogen-bond acceptors (Lipinski definition) is 5. The highest BCUT2D eigenvalue weighted by molar-refractivity contribution is 7.89. The maximum atomic E-state index is 13.4. The first kappa shape index (κ1) is 22.0. The van der Waals surface area contributed by atoms with Crippen LogP contribution in [0.3, 0.4) is 0 Å². The van der Waals surface area contributed by atoms with Crippen LogP contribution in [0.1, 0.15) is 22.3 Å². The lowest BCUT2D eigenvalue weighted by Crippen LogP contribution is -2.48. The van der Waals surface area contributed by atoms with E-state index in [0.29, 0.717) is 11.1 Å². The fourth-order valence-electron chi connectivity index (χ4n) is 5.56. The number of nitrogens with zero attached hydrogens (tertiary/aromatic N) is 1. The van der Waals surface area contributed by atoms with E-state index >= 15 is 0 Å². The number of hydrogen-bond donors (Lipinski definition) is 1. The van der Waals surface area contributed by atoms with Crippen LogP contribution in [0.5, 0.6) is 0 Å². The second kappa shape index (κ2) is 7.62. The van der Waals surface area contributed by atoms with Crippen LogP contribution in [0.4, 0.5) is 0 Å². The van der Waals surface area contributed by atoms with Crippen molar-refractivity contribution in [3.8, 4) is 0 Å². The Bertz CT molecular complexity index is 1260. The van der Waals surface area contributed by atoms with Gasteiger partial charge in [0.15, 0.2) is 0 Å². The van der Waals surface area contributed by atoms with Gasteiger partial charge in [-0.3, -0.25) is 14.5 Å². The lowest BCUT2D eigenvalue weighted by molar-refractivity contribution is -0.144. The van der Waals surface area contributed by atoms with E-state index in [1.165, 1.54) is 4.90 Å². The van der Waals surface area contributed by atoms with Gasteiger partial charge in [-0.05, 0) is 37.5 Å². The van der Waals surface area contributed by atoms with E-state index in [2.05, 4.69) is 4.72 Å². The van der Waals surface area contributed by atoms with E-state index in [0.717, 1.165) is 11.1 Å². The number of ether oxygens (including phenoxy) is 1. The predicted molar refractivity (Wildman–Crippen MR) is 122 cm³/mol. The Labute approximate surface area is 193 Å². The van der Waals surface area contributed by atoms with E-state index in [-0.39, 0.29) is 29.8 Å². The lowest BCUT2D eigenvalue weighted by atomic mass is 9.77. The summed E-state index contributed by atoms with van der Waals surface area (Å²) in [5.41, 5.74) is 1.99. The van der Waals surface area contributed by atoms with Crippen molar-refractivity contribution in [2.24, 2.45) is 11.8 Å². The highest BCUT2D eigenvalue weighted by atomic mass is 32.2. The average Bonchev–Trinajstić information content (AvgIpc) is 3.39. The largest absolute Gasteiger partial charge is 0.361 e. The third-order valence-electron chi connectivity index (χ3n) is 6.84. The van der Waals surface area contributed by atoms with Crippen LogP contribution >= 0.6 is 0 Å². The minimum Gasteiger partial charge on any atom is -0.361 e. The van der Waals surface area contributed by atoms with Gasteiger partial charge >= 0.3 is 0 Å². The Balaban J connectivity index is 1.40. The number of aryl methyl sites for hydroxylation is 3. The molecule has 0 saturated carbocycles. The molecule has 0 aromatic heterocycles. The highest BCUT2D eigenvalue weighted by Crippen LogP contribution is 2.51. The van der Waals surface area contributed by atoms with Crippen molar-refractivity contribution < 1.29 is 22.7 Å². The molecule has 8 heteroatoms. The molecule has 0 aliphatic carbocycles. The quantitative estimate of drug-likeness (QED) is 0.521. The van der Waals surface area contributed by atoms with Gasteiger partial charge in [0.05, 0.1) is 29.4 Å². The molecule has 0 radical (unpaired) electrons. The number of rotatable bonds is 6. The first-order valence-electron chi connectivity index (χ1n) is 11.0. The second-order valence-corrected chi connectivity index (χ2v) is 10.9. The Morgan fingerprint density at radius 1 is 1.03 bits per heavy atom. The molecule has 3 heterocycles. The van der Waals surface area contributed by atoms with E-state index in [1.54, 1.807) is 26.0 Å². The van der Waals surface area contributed by atoms with Gasteiger partial charge < -0.3 is 4.74 Å². The number of carbonyl (C=O) groups excluding carboxylic acids is 2. The Morgan fingerprint density at radius 3 is 2.36 bits per heavy atom. The number of sulfonamides is 1. The topological polar surface area (TPSA) is 92.8 Å². The molecule has 2 fully saturated rings. The van der Waals surface area contributed by atoms with E-state index in [9.17, 15) is 18.0 Å². The molecule has 1 N–H and O–H groups in total. The SMILES string of the molecule is Cc1cc(C)c(S(=O)(=O)NC[C@]23C=C[C@@H](O2)[C@H]2C(=O)N(Cc4ccccc4)C(=O)[C@@H]23)c(C)c1. The van der Waals surface area contributed by atoms with E-state index in [4.69, 9.17) is 4.74 Å². The summed E-state index contributed by atoms with van der Waals surface area (Å²) in [4.78, 5) is 28.0. The van der Waals surface area contributed by atoms with Gasteiger partial charge in [-0.25, -0.2) is 13.1 Å². The third-order valence-corrected chi connectivity index (χ3v) is 8.55. The Kier molecular flexibility index (Phi) is 5.08. The molecule has 7 nitrogen and oxygen atoms in total. The van der Waals surface area contributed by atoms with E-state index < -0.39 is 33.6 Å². The second-order valence-electron chi connectivity index (χ2n) is 9.20. The standard InChI is InChI=1S/C25H26N2O5S/c1-15-11-16(2)22(17(3)12-15)33(30,31)26-14-25-10-9-19(32-25)20-21(25)24(29)27(23(20)28)13-18-7-5-4-6-8-18/h4-12,19-21,26H,13-14H2,1-3H3/t19-,20-,21-,25+/m1/s1. The molecule has 33 heavy (non-hydrogen) atoms. The normalized spacial score (nSPS) is 28.1. The molecule has 2 amide bonds. The lowest BCUT2D eigenvalue weighted by Gasteiger charge is -2.29. The summed E-state index contributed by atoms with van der Waals surface area (Å²) in [7, 11) is -3.85. The zero-order valence-electron chi connectivity index (χ0n) is 18.7. The van der Waals surface area contributed by atoms with Crippen molar-refractivity contribution >= 4 is 21.8 Å². The van der Waals surface area contributed by atoms with Gasteiger partial charge in [0.25, 0.3) is 0 Å². The van der Waals surface area contributed by atoms with Crippen LogP contribution in [0.2, 0.25) is 0 Å². The van der Waals surface area contributed by atoms with Crippen molar-refractivity contribution in [3.63, 3.8) is 0 Å². The van der Waals surface area contributed by atoms with Crippen molar-refractivity contribution in [3.05, 3.63) is 76.9 Å². The van der Waals surface area contributed by atoms with Gasteiger partial charge in [-0.1, -0.05) is 60.2 Å². The predicted octanol–water partition coefficient (Wildman–Crippen LogP) is 2.40. The molecule has 0 spiro atoms. The number of benzene rings is 2. The summed E-state index contributed by atoms with van der Waals surface area (Å²) in [5, 5.41) is 0. The van der Waals surface area contributed by atoms with Crippen molar-refractivity contribution in [1.29, 1.82) is 0 Å².